The van der Waals surface area contributed by atoms with Gasteiger partial charge in [0.1, 0.15) is 17.5 Å². The molecule has 2 aliphatic heterocycles. The van der Waals surface area contributed by atoms with E-state index in [1.165, 1.54) is 12.1 Å². The summed E-state index contributed by atoms with van der Waals surface area (Å²) in [7, 11) is 0. The number of ether oxygens (including phenoxy) is 1. The predicted octanol–water partition coefficient (Wildman–Crippen LogP) is 1.83. The van der Waals surface area contributed by atoms with Crippen LogP contribution >= 0.6 is 0 Å². The van der Waals surface area contributed by atoms with Crippen LogP contribution in [0.5, 0.6) is 0 Å². The number of amides is 1. The smallest absolute Gasteiger partial charge is 0.244 e. The average molecular weight is 290 g/mol. The summed E-state index contributed by atoms with van der Waals surface area (Å²) >= 11 is 0. The van der Waals surface area contributed by atoms with Gasteiger partial charge in [-0.1, -0.05) is 12.1 Å². The molecule has 0 aromatic heterocycles. The number of carbonyl (C=O) groups is 1. The maximum Gasteiger partial charge on any atom is 0.244 e. The third-order valence-corrected chi connectivity index (χ3v) is 4.79. The van der Waals surface area contributed by atoms with Crippen LogP contribution in [0.4, 0.5) is 4.39 Å². The normalized spacial score (nSPS) is 30.3. The van der Waals surface area contributed by atoms with Crippen LogP contribution in [0.25, 0.3) is 0 Å². The lowest BCUT2D eigenvalue weighted by Crippen LogP contribution is -2.36. The molecule has 1 N–H and O–H groups in total. The highest BCUT2D eigenvalue weighted by molar-refractivity contribution is 5.92. The molecule has 1 aromatic rings. The summed E-state index contributed by atoms with van der Waals surface area (Å²) in [6, 6.07) is 6.53. The minimum atomic E-state index is -0.379. The van der Waals surface area contributed by atoms with Crippen LogP contribution in [-0.2, 0) is 9.53 Å². The standard InChI is InChI=1S/C16H19FN2O2/c17-13-3-1-2-12(8-13)14-18-16(5-6-16)15(20)19(14)9-11-4-7-21-10-11/h1-3,8,11,14,18H,4-7,9-10H2. The second-order valence-corrected chi connectivity index (χ2v) is 6.37. The number of halogens is 1. The highest BCUT2D eigenvalue weighted by Crippen LogP contribution is 2.46. The van der Waals surface area contributed by atoms with Gasteiger partial charge >= 0.3 is 0 Å². The fourth-order valence-electron chi connectivity index (χ4n) is 3.41. The Labute approximate surface area is 123 Å². The van der Waals surface area contributed by atoms with Gasteiger partial charge in [-0.3, -0.25) is 10.1 Å². The summed E-state index contributed by atoms with van der Waals surface area (Å²) in [5.74, 6) is 0.298. The molecule has 0 radical (unpaired) electrons. The Morgan fingerprint density at radius 3 is 2.95 bits per heavy atom. The molecule has 1 amide bonds. The first-order valence-electron chi connectivity index (χ1n) is 7.60. The van der Waals surface area contributed by atoms with E-state index in [4.69, 9.17) is 4.74 Å². The zero-order valence-electron chi connectivity index (χ0n) is 11.8. The Kier molecular flexibility index (Phi) is 3.01. The molecule has 5 heteroatoms. The minimum absolute atomic E-state index is 0.170. The van der Waals surface area contributed by atoms with Gasteiger partial charge in [-0.05, 0) is 37.0 Å². The van der Waals surface area contributed by atoms with Crippen LogP contribution in [0.2, 0.25) is 0 Å². The Morgan fingerprint density at radius 1 is 1.43 bits per heavy atom. The van der Waals surface area contributed by atoms with E-state index >= 15 is 0 Å². The van der Waals surface area contributed by atoms with Gasteiger partial charge in [-0.25, -0.2) is 4.39 Å². The summed E-state index contributed by atoms with van der Waals surface area (Å²) in [4.78, 5) is 14.6. The maximum atomic E-state index is 13.5. The number of nitrogens with zero attached hydrogens (tertiary/aromatic N) is 1. The largest absolute Gasteiger partial charge is 0.381 e. The molecule has 1 aliphatic carbocycles. The fourth-order valence-corrected chi connectivity index (χ4v) is 3.41. The molecule has 21 heavy (non-hydrogen) atoms. The van der Waals surface area contributed by atoms with Crippen LogP contribution in [-0.4, -0.2) is 36.1 Å². The van der Waals surface area contributed by atoms with E-state index in [1.807, 2.05) is 11.0 Å². The lowest BCUT2D eigenvalue weighted by Gasteiger charge is -2.26. The molecule has 2 atom stereocenters. The van der Waals surface area contributed by atoms with Crippen LogP contribution in [0.3, 0.4) is 0 Å². The van der Waals surface area contributed by atoms with Crippen molar-refractivity contribution in [2.75, 3.05) is 19.8 Å². The van der Waals surface area contributed by atoms with Crippen molar-refractivity contribution in [2.24, 2.45) is 5.92 Å². The van der Waals surface area contributed by atoms with Crippen molar-refractivity contribution in [1.82, 2.24) is 10.2 Å². The molecule has 1 saturated carbocycles. The number of carbonyl (C=O) groups excluding carboxylic acids is 1. The summed E-state index contributed by atoms with van der Waals surface area (Å²) in [6.07, 6.45) is 2.55. The number of hydrogen-bond acceptors (Lipinski definition) is 3. The maximum absolute atomic E-state index is 13.5. The summed E-state index contributed by atoms with van der Waals surface area (Å²) in [5.41, 5.74) is 0.447. The van der Waals surface area contributed by atoms with Gasteiger partial charge in [0.15, 0.2) is 0 Å². The fraction of sp³-hybridized carbons (Fsp3) is 0.562. The molecule has 4 nitrogen and oxygen atoms in total. The van der Waals surface area contributed by atoms with Crippen molar-refractivity contribution >= 4 is 5.91 Å². The number of hydrogen-bond donors (Lipinski definition) is 1. The van der Waals surface area contributed by atoms with Crippen molar-refractivity contribution < 1.29 is 13.9 Å². The van der Waals surface area contributed by atoms with Gasteiger partial charge in [-0.2, -0.15) is 0 Å². The molecular formula is C16H19FN2O2. The van der Waals surface area contributed by atoms with Gasteiger partial charge in [0.05, 0.1) is 6.61 Å². The second-order valence-electron chi connectivity index (χ2n) is 6.37. The molecule has 1 aromatic carbocycles. The third kappa shape index (κ3) is 2.24. The highest BCUT2D eigenvalue weighted by atomic mass is 19.1. The Morgan fingerprint density at radius 2 is 2.29 bits per heavy atom. The predicted molar refractivity (Wildman–Crippen MR) is 74.9 cm³/mol. The number of rotatable bonds is 3. The zero-order valence-corrected chi connectivity index (χ0v) is 11.8. The van der Waals surface area contributed by atoms with Gasteiger partial charge < -0.3 is 9.64 Å². The Hall–Kier alpha value is -1.46. The second kappa shape index (κ2) is 4.78. The molecule has 1 spiro atoms. The Bertz CT molecular complexity index is 567. The van der Waals surface area contributed by atoms with Gasteiger partial charge in [0.25, 0.3) is 0 Å². The van der Waals surface area contributed by atoms with Crippen LogP contribution in [0, 0.1) is 11.7 Å². The summed E-state index contributed by atoms with van der Waals surface area (Å²) in [6.45, 7) is 2.18. The van der Waals surface area contributed by atoms with E-state index in [0.717, 1.165) is 31.4 Å². The van der Waals surface area contributed by atoms with E-state index in [-0.39, 0.29) is 23.4 Å². The Balaban J connectivity index is 1.61. The first-order chi connectivity index (χ1) is 10.2. The topological polar surface area (TPSA) is 41.6 Å². The van der Waals surface area contributed by atoms with E-state index in [0.29, 0.717) is 19.1 Å². The van der Waals surface area contributed by atoms with Gasteiger partial charge in [-0.15, -0.1) is 0 Å². The monoisotopic (exact) mass is 290 g/mol. The first-order valence-corrected chi connectivity index (χ1v) is 7.60. The van der Waals surface area contributed by atoms with Crippen molar-refractivity contribution in [3.63, 3.8) is 0 Å². The zero-order chi connectivity index (χ0) is 14.4. The quantitative estimate of drug-likeness (QED) is 0.923. The van der Waals surface area contributed by atoms with E-state index in [2.05, 4.69) is 5.32 Å². The molecule has 4 rings (SSSR count). The molecular weight excluding hydrogens is 271 g/mol. The SMILES string of the molecule is O=C1N(CC2CCOC2)C(c2cccc(F)c2)NC12CC2. The number of nitrogens with one attached hydrogen (secondary N) is 1. The van der Waals surface area contributed by atoms with Crippen molar-refractivity contribution in [2.45, 2.75) is 31.0 Å². The number of benzene rings is 1. The van der Waals surface area contributed by atoms with E-state index in [1.54, 1.807) is 6.07 Å². The van der Waals surface area contributed by atoms with Crippen molar-refractivity contribution in [3.8, 4) is 0 Å². The van der Waals surface area contributed by atoms with Crippen molar-refractivity contribution in [1.29, 1.82) is 0 Å². The van der Waals surface area contributed by atoms with E-state index < -0.39 is 0 Å². The highest BCUT2D eigenvalue weighted by Gasteiger charge is 2.59. The first kappa shape index (κ1) is 13.2. The van der Waals surface area contributed by atoms with Crippen LogP contribution < -0.4 is 5.32 Å². The molecule has 0 bridgehead atoms. The molecule has 2 saturated heterocycles. The lowest BCUT2D eigenvalue weighted by molar-refractivity contribution is -0.131. The molecule has 3 aliphatic rings. The minimum Gasteiger partial charge on any atom is -0.381 e. The third-order valence-electron chi connectivity index (χ3n) is 4.79. The molecule has 2 heterocycles. The van der Waals surface area contributed by atoms with Crippen LogP contribution in [0.1, 0.15) is 31.0 Å². The summed E-state index contributed by atoms with van der Waals surface area (Å²) in [5, 5.41) is 3.43. The van der Waals surface area contributed by atoms with E-state index in [9.17, 15) is 9.18 Å². The van der Waals surface area contributed by atoms with Crippen LogP contribution in [0.15, 0.2) is 24.3 Å². The molecule has 3 fully saturated rings. The molecule has 2 unspecified atom stereocenters. The molecule has 112 valence electrons. The summed E-state index contributed by atoms with van der Waals surface area (Å²) < 4.78 is 18.9. The lowest BCUT2D eigenvalue weighted by atomic mass is 10.1. The van der Waals surface area contributed by atoms with Gasteiger partial charge in [0, 0.05) is 19.1 Å². The van der Waals surface area contributed by atoms with Gasteiger partial charge in [0.2, 0.25) is 5.91 Å². The van der Waals surface area contributed by atoms with Crippen molar-refractivity contribution in [3.05, 3.63) is 35.6 Å². The average Bonchev–Trinajstić information content (AvgIpc) is 2.98.